The lowest BCUT2D eigenvalue weighted by Gasteiger charge is -2.38. The highest BCUT2D eigenvalue weighted by Gasteiger charge is 2.30. The van der Waals surface area contributed by atoms with Gasteiger partial charge in [-0.05, 0) is 37.8 Å². The molecule has 1 aromatic heterocycles. The zero-order valence-electron chi connectivity index (χ0n) is 13.2. The Kier molecular flexibility index (Phi) is 4.12. The van der Waals surface area contributed by atoms with Crippen LogP contribution in [0.2, 0.25) is 0 Å². The van der Waals surface area contributed by atoms with Crippen LogP contribution < -0.4 is 5.73 Å². The van der Waals surface area contributed by atoms with Crippen molar-refractivity contribution in [1.29, 1.82) is 0 Å². The molecule has 2 N–H and O–H groups in total. The Morgan fingerprint density at radius 2 is 2.18 bits per heavy atom. The maximum absolute atomic E-state index is 13.0. The molecule has 2 unspecified atom stereocenters. The van der Waals surface area contributed by atoms with E-state index < -0.39 is 0 Å². The summed E-state index contributed by atoms with van der Waals surface area (Å²) in [7, 11) is 0. The molecule has 0 radical (unpaired) electrons. The summed E-state index contributed by atoms with van der Waals surface area (Å²) in [6.45, 7) is 5.48. The summed E-state index contributed by atoms with van der Waals surface area (Å²) in [6, 6.07) is 9.93. The van der Waals surface area contributed by atoms with Crippen LogP contribution >= 0.6 is 0 Å². The molecule has 2 aromatic rings. The van der Waals surface area contributed by atoms with E-state index in [1.807, 2.05) is 42.2 Å². The van der Waals surface area contributed by atoms with Crippen molar-refractivity contribution >= 4 is 16.8 Å². The van der Waals surface area contributed by atoms with E-state index in [1.54, 1.807) is 0 Å². The Labute approximate surface area is 131 Å². The molecule has 1 aliphatic heterocycles. The molecule has 4 heteroatoms. The average Bonchev–Trinajstić information content (AvgIpc) is 2.53. The lowest BCUT2D eigenvalue weighted by Crippen LogP contribution is -2.49. The average molecular weight is 297 g/mol. The summed E-state index contributed by atoms with van der Waals surface area (Å²) < 4.78 is 0. The number of nitrogens with zero attached hydrogens (tertiary/aromatic N) is 2. The highest BCUT2D eigenvalue weighted by molar-refractivity contribution is 6.05. The molecule has 1 fully saturated rings. The SMILES string of the molecule is Cc1ccc2cccc(C(=O)N3CCC(C)CC3CN)c2n1. The molecule has 1 aliphatic rings. The van der Waals surface area contributed by atoms with Gasteiger partial charge in [-0.25, -0.2) is 0 Å². The summed E-state index contributed by atoms with van der Waals surface area (Å²) in [4.78, 5) is 19.6. The second-order valence-corrected chi connectivity index (χ2v) is 6.35. The Balaban J connectivity index is 2.00. The lowest BCUT2D eigenvalue weighted by atomic mass is 9.91. The van der Waals surface area contributed by atoms with Crippen LogP contribution in [-0.4, -0.2) is 34.9 Å². The van der Waals surface area contributed by atoms with E-state index in [4.69, 9.17) is 5.73 Å². The molecule has 116 valence electrons. The van der Waals surface area contributed by atoms with Crippen LogP contribution in [0.4, 0.5) is 0 Å². The minimum Gasteiger partial charge on any atom is -0.334 e. The van der Waals surface area contributed by atoms with Crippen molar-refractivity contribution in [3.8, 4) is 0 Å². The van der Waals surface area contributed by atoms with Gasteiger partial charge in [-0.15, -0.1) is 0 Å². The van der Waals surface area contributed by atoms with Crippen molar-refractivity contribution < 1.29 is 4.79 Å². The van der Waals surface area contributed by atoms with Crippen LogP contribution in [0.5, 0.6) is 0 Å². The lowest BCUT2D eigenvalue weighted by molar-refractivity contribution is 0.0575. The molecule has 22 heavy (non-hydrogen) atoms. The zero-order valence-corrected chi connectivity index (χ0v) is 13.2. The van der Waals surface area contributed by atoms with E-state index in [1.165, 1.54) is 0 Å². The Morgan fingerprint density at radius 1 is 1.36 bits per heavy atom. The second kappa shape index (κ2) is 6.05. The van der Waals surface area contributed by atoms with Gasteiger partial charge in [0.25, 0.3) is 5.91 Å². The highest BCUT2D eigenvalue weighted by atomic mass is 16.2. The van der Waals surface area contributed by atoms with E-state index in [0.717, 1.165) is 36.0 Å². The molecule has 0 spiro atoms. The summed E-state index contributed by atoms with van der Waals surface area (Å²) in [5, 5.41) is 1.01. The number of likely N-dealkylation sites (tertiary alicyclic amines) is 1. The zero-order chi connectivity index (χ0) is 15.7. The van der Waals surface area contributed by atoms with Gasteiger partial charge >= 0.3 is 0 Å². The first kappa shape index (κ1) is 15.0. The predicted molar refractivity (Wildman–Crippen MR) is 88.8 cm³/mol. The predicted octanol–water partition coefficient (Wildman–Crippen LogP) is 2.74. The third kappa shape index (κ3) is 2.71. The summed E-state index contributed by atoms with van der Waals surface area (Å²) in [5.74, 6) is 0.691. The van der Waals surface area contributed by atoms with Crippen LogP contribution in [-0.2, 0) is 0 Å². The number of aryl methyl sites for hydroxylation is 1. The number of carbonyl (C=O) groups is 1. The number of fused-ring (bicyclic) bond motifs is 1. The molecule has 0 saturated carbocycles. The summed E-state index contributed by atoms with van der Waals surface area (Å²) >= 11 is 0. The van der Waals surface area contributed by atoms with Gasteiger partial charge in [-0.2, -0.15) is 0 Å². The summed E-state index contributed by atoms with van der Waals surface area (Å²) in [6.07, 6.45) is 2.03. The molecule has 2 atom stereocenters. The number of para-hydroxylation sites is 1. The number of aromatic nitrogens is 1. The van der Waals surface area contributed by atoms with Crippen molar-refractivity contribution in [2.45, 2.75) is 32.7 Å². The first-order chi connectivity index (χ1) is 10.6. The fraction of sp³-hybridized carbons (Fsp3) is 0.444. The number of pyridine rings is 1. The Bertz CT molecular complexity index is 698. The normalized spacial score (nSPS) is 22.0. The van der Waals surface area contributed by atoms with E-state index >= 15 is 0 Å². The molecule has 4 nitrogen and oxygen atoms in total. The van der Waals surface area contributed by atoms with Crippen LogP contribution in [0.3, 0.4) is 0 Å². The van der Waals surface area contributed by atoms with Crippen LogP contribution in [0.1, 0.15) is 35.8 Å². The number of rotatable bonds is 2. The topological polar surface area (TPSA) is 59.2 Å². The maximum atomic E-state index is 13.0. The molecular weight excluding hydrogens is 274 g/mol. The number of nitrogens with two attached hydrogens (primary N) is 1. The maximum Gasteiger partial charge on any atom is 0.256 e. The first-order valence-corrected chi connectivity index (χ1v) is 7.97. The van der Waals surface area contributed by atoms with Gasteiger partial charge in [0, 0.05) is 30.2 Å². The number of carbonyl (C=O) groups excluding carboxylic acids is 1. The fourth-order valence-electron chi connectivity index (χ4n) is 3.31. The molecule has 3 rings (SSSR count). The van der Waals surface area contributed by atoms with Crippen molar-refractivity contribution in [3.05, 3.63) is 41.6 Å². The van der Waals surface area contributed by atoms with Crippen molar-refractivity contribution in [2.75, 3.05) is 13.1 Å². The van der Waals surface area contributed by atoms with E-state index in [9.17, 15) is 4.79 Å². The fourth-order valence-corrected chi connectivity index (χ4v) is 3.31. The molecule has 1 amide bonds. The molecule has 0 bridgehead atoms. The Morgan fingerprint density at radius 3 is 2.95 bits per heavy atom. The molecule has 1 aromatic carbocycles. The van der Waals surface area contributed by atoms with Gasteiger partial charge in [-0.3, -0.25) is 9.78 Å². The van der Waals surface area contributed by atoms with Crippen molar-refractivity contribution in [1.82, 2.24) is 9.88 Å². The smallest absolute Gasteiger partial charge is 0.256 e. The van der Waals surface area contributed by atoms with Crippen LogP contribution in [0.15, 0.2) is 30.3 Å². The second-order valence-electron chi connectivity index (χ2n) is 6.35. The van der Waals surface area contributed by atoms with E-state index in [2.05, 4.69) is 11.9 Å². The van der Waals surface area contributed by atoms with Gasteiger partial charge in [-0.1, -0.05) is 25.1 Å². The monoisotopic (exact) mass is 297 g/mol. The van der Waals surface area contributed by atoms with E-state index in [-0.39, 0.29) is 11.9 Å². The van der Waals surface area contributed by atoms with Crippen molar-refractivity contribution in [3.63, 3.8) is 0 Å². The number of piperidine rings is 1. The minimum absolute atomic E-state index is 0.0612. The number of benzene rings is 1. The highest BCUT2D eigenvalue weighted by Crippen LogP contribution is 2.26. The molecule has 1 saturated heterocycles. The largest absolute Gasteiger partial charge is 0.334 e. The van der Waals surface area contributed by atoms with Gasteiger partial charge in [0.15, 0.2) is 0 Å². The molecular formula is C18H23N3O. The van der Waals surface area contributed by atoms with Gasteiger partial charge in [0.05, 0.1) is 11.1 Å². The number of amides is 1. The number of hydrogen-bond donors (Lipinski definition) is 1. The van der Waals surface area contributed by atoms with Crippen molar-refractivity contribution in [2.24, 2.45) is 11.7 Å². The summed E-state index contributed by atoms with van der Waals surface area (Å²) in [5.41, 5.74) is 8.31. The van der Waals surface area contributed by atoms with Gasteiger partial charge in [0.1, 0.15) is 0 Å². The Hall–Kier alpha value is -1.94. The first-order valence-electron chi connectivity index (χ1n) is 7.97. The van der Waals surface area contributed by atoms with Crippen LogP contribution in [0, 0.1) is 12.8 Å². The quantitative estimate of drug-likeness (QED) is 0.927. The van der Waals surface area contributed by atoms with Crippen LogP contribution in [0.25, 0.3) is 10.9 Å². The molecule has 0 aliphatic carbocycles. The standard InChI is InChI=1S/C18H23N3O/c1-12-8-9-21(15(10-12)11-19)18(22)16-5-3-4-14-7-6-13(2)20-17(14)16/h3-7,12,15H,8-11,19H2,1-2H3. The number of hydrogen-bond acceptors (Lipinski definition) is 3. The third-order valence-electron chi connectivity index (χ3n) is 4.60. The van der Waals surface area contributed by atoms with Gasteiger partial charge < -0.3 is 10.6 Å². The van der Waals surface area contributed by atoms with Gasteiger partial charge in [0.2, 0.25) is 0 Å². The third-order valence-corrected chi connectivity index (χ3v) is 4.60. The molecule has 2 heterocycles. The van der Waals surface area contributed by atoms with E-state index in [0.29, 0.717) is 18.0 Å². The minimum atomic E-state index is 0.0612.